The number of hydrogen-bond acceptors (Lipinski definition) is 4. The summed E-state index contributed by atoms with van der Waals surface area (Å²) in [4.78, 5) is 15.0. The number of rotatable bonds is 8. The summed E-state index contributed by atoms with van der Waals surface area (Å²) in [5, 5.41) is 2.90. The van der Waals surface area contributed by atoms with Crippen molar-refractivity contribution < 1.29 is 23.0 Å². The number of halogens is 2. The summed E-state index contributed by atoms with van der Waals surface area (Å²) in [5.74, 6) is -0.325. The molecule has 1 saturated heterocycles. The first-order valence-electron chi connectivity index (χ1n) is 9.77. The largest absolute Gasteiger partial charge is 0.493 e. The fraction of sp³-hybridized carbons (Fsp3) is 0.409. The summed E-state index contributed by atoms with van der Waals surface area (Å²) in [7, 11) is 1.34. The lowest BCUT2D eigenvalue weighted by Gasteiger charge is -2.27. The lowest BCUT2D eigenvalue weighted by molar-refractivity contribution is -0.0512. The molecular weight excluding hydrogens is 378 g/mol. The molecule has 0 aromatic heterocycles. The number of carbonyl (C=O) groups excluding carboxylic acids is 1. The van der Waals surface area contributed by atoms with Crippen LogP contribution in [0.2, 0.25) is 0 Å². The van der Waals surface area contributed by atoms with Crippen LogP contribution in [0.3, 0.4) is 0 Å². The molecule has 0 radical (unpaired) electrons. The number of hydrogen-bond donors (Lipinski definition) is 1. The Morgan fingerprint density at radius 1 is 1.07 bits per heavy atom. The maximum atomic E-state index is 12.6. The molecule has 1 amide bonds. The zero-order valence-corrected chi connectivity index (χ0v) is 16.5. The zero-order valence-electron chi connectivity index (χ0n) is 16.5. The molecule has 0 spiro atoms. The first kappa shape index (κ1) is 21.0. The van der Waals surface area contributed by atoms with Crippen molar-refractivity contribution in [2.75, 3.05) is 20.2 Å². The van der Waals surface area contributed by atoms with Crippen molar-refractivity contribution in [1.82, 2.24) is 10.2 Å². The fourth-order valence-electron chi connectivity index (χ4n) is 3.52. The number of benzene rings is 2. The number of amides is 1. The Morgan fingerprint density at radius 3 is 2.48 bits per heavy atom. The van der Waals surface area contributed by atoms with Gasteiger partial charge in [-0.2, -0.15) is 8.78 Å². The van der Waals surface area contributed by atoms with E-state index in [1.807, 2.05) is 18.2 Å². The van der Waals surface area contributed by atoms with Crippen molar-refractivity contribution in [1.29, 1.82) is 0 Å². The van der Waals surface area contributed by atoms with Crippen molar-refractivity contribution in [3.63, 3.8) is 0 Å². The minimum Gasteiger partial charge on any atom is -0.493 e. The summed E-state index contributed by atoms with van der Waals surface area (Å²) in [6.45, 7) is 0.515. The molecule has 2 aromatic rings. The van der Waals surface area contributed by atoms with Crippen LogP contribution in [-0.4, -0.2) is 37.6 Å². The fourth-order valence-corrected chi connectivity index (χ4v) is 3.52. The van der Waals surface area contributed by atoms with Gasteiger partial charge in [-0.05, 0) is 55.3 Å². The number of piperidine rings is 1. The highest BCUT2D eigenvalue weighted by molar-refractivity contribution is 5.94. The van der Waals surface area contributed by atoms with Gasteiger partial charge in [0.15, 0.2) is 11.5 Å². The average Bonchev–Trinajstić information content (AvgIpc) is 2.73. The molecule has 5 nitrogen and oxygen atoms in total. The van der Waals surface area contributed by atoms with Gasteiger partial charge in [-0.1, -0.05) is 30.7 Å². The Bertz CT molecular complexity index is 823. The second-order valence-electron chi connectivity index (χ2n) is 7.03. The molecule has 1 N–H and O–H groups in total. The Morgan fingerprint density at radius 2 is 1.79 bits per heavy atom. The predicted octanol–water partition coefficient (Wildman–Crippen LogP) is 4.21. The highest BCUT2D eigenvalue weighted by Crippen LogP contribution is 2.29. The predicted molar refractivity (Wildman–Crippen MR) is 106 cm³/mol. The SMILES string of the molecule is COc1cc(C(=O)NCc2ccccc2CN2CCCCC2)ccc1OC(F)F. The molecular formula is C22H26F2N2O3. The average molecular weight is 404 g/mol. The second-order valence-corrected chi connectivity index (χ2v) is 7.03. The standard InChI is InChI=1S/C22H26F2N2O3/c1-28-20-13-16(9-10-19(20)29-22(23)24)21(27)25-14-17-7-3-4-8-18(17)15-26-11-5-2-6-12-26/h3-4,7-10,13,22H,2,5-6,11-12,14-15H2,1H3,(H,25,27). The number of likely N-dealkylation sites (tertiary alicyclic amines) is 1. The quantitative estimate of drug-likeness (QED) is 0.716. The summed E-state index contributed by atoms with van der Waals surface area (Å²) in [5.41, 5.74) is 2.58. The number of nitrogens with zero attached hydrogens (tertiary/aromatic N) is 1. The van der Waals surface area contributed by atoms with E-state index >= 15 is 0 Å². The molecule has 0 saturated carbocycles. The van der Waals surface area contributed by atoms with E-state index in [9.17, 15) is 13.6 Å². The van der Waals surface area contributed by atoms with Gasteiger partial charge in [0.2, 0.25) is 0 Å². The minimum atomic E-state index is -2.96. The molecule has 1 aliphatic heterocycles. The molecule has 1 fully saturated rings. The van der Waals surface area contributed by atoms with Crippen LogP contribution in [0, 0.1) is 0 Å². The van der Waals surface area contributed by atoms with Crippen LogP contribution in [0.15, 0.2) is 42.5 Å². The van der Waals surface area contributed by atoms with E-state index in [1.54, 1.807) is 0 Å². The van der Waals surface area contributed by atoms with Crippen molar-refractivity contribution in [2.45, 2.75) is 39.0 Å². The summed E-state index contributed by atoms with van der Waals surface area (Å²) < 4.78 is 34.4. The van der Waals surface area contributed by atoms with E-state index in [2.05, 4.69) is 21.0 Å². The zero-order chi connectivity index (χ0) is 20.6. The Labute approximate surface area is 169 Å². The number of alkyl halides is 2. The maximum absolute atomic E-state index is 12.6. The van der Waals surface area contributed by atoms with Crippen molar-refractivity contribution in [2.24, 2.45) is 0 Å². The Kier molecular flexibility index (Phi) is 7.41. The third kappa shape index (κ3) is 5.90. The summed E-state index contributed by atoms with van der Waals surface area (Å²) >= 11 is 0. The molecule has 156 valence electrons. The second kappa shape index (κ2) is 10.2. The molecule has 0 bridgehead atoms. The van der Waals surface area contributed by atoms with Crippen LogP contribution in [0.1, 0.15) is 40.7 Å². The maximum Gasteiger partial charge on any atom is 0.387 e. The highest BCUT2D eigenvalue weighted by atomic mass is 19.3. The lowest BCUT2D eigenvalue weighted by atomic mass is 10.0. The van der Waals surface area contributed by atoms with Gasteiger partial charge in [0, 0.05) is 18.7 Å². The Balaban J connectivity index is 1.65. The molecule has 29 heavy (non-hydrogen) atoms. The molecule has 0 unspecified atom stereocenters. The van der Waals surface area contributed by atoms with Crippen LogP contribution in [0.4, 0.5) is 8.78 Å². The van der Waals surface area contributed by atoms with Crippen LogP contribution in [-0.2, 0) is 13.1 Å². The van der Waals surface area contributed by atoms with Gasteiger partial charge in [-0.15, -0.1) is 0 Å². The normalized spacial score (nSPS) is 14.6. The van der Waals surface area contributed by atoms with Gasteiger partial charge in [-0.25, -0.2) is 0 Å². The van der Waals surface area contributed by atoms with Crippen LogP contribution >= 0.6 is 0 Å². The smallest absolute Gasteiger partial charge is 0.387 e. The highest BCUT2D eigenvalue weighted by Gasteiger charge is 2.15. The van der Waals surface area contributed by atoms with Gasteiger partial charge in [0.25, 0.3) is 5.91 Å². The number of methoxy groups -OCH3 is 1. The van der Waals surface area contributed by atoms with Crippen molar-refractivity contribution in [3.8, 4) is 11.5 Å². The van der Waals surface area contributed by atoms with E-state index < -0.39 is 6.61 Å². The third-order valence-electron chi connectivity index (χ3n) is 5.04. The summed E-state index contributed by atoms with van der Waals surface area (Å²) in [6, 6.07) is 12.2. The molecule has 1 aliphatic rings. The third-order valence-corrected chi connectivity index (χ3v) is 5.04. The lowest BCUT2D eigenvalue weighted by Crippen LogP contribution is -2.30. The topological polar surface area (TPSA) is 50.8 Å². The van der Waals surface area contributed by atoms with Gasteiger partial charge in [0.1, 0.15) is 0 Å². The minimum absolute atomic E-state index is 0.0865. The van der Waals surface area contributed by atoms with Crippen LogP contribution in [0.25, 0.3) is 0 Å². The van der Waals surface area contributed by atoms with Gasteiger partial charge in [-0.3, -0.25) is 9.69 Å². The van der Waals surface area contributed by atoms with E-state index in [1.165, 1.54) is 50.1 Å². The van der Waals surface area contributed by atoms with E-state index in [0.29, 0.717) is 12.1 Å². The number of carbonyl (C=O) groups is 1. The van der Waals surface area contributed by atoms with Crippen LogP contribution in [0.5, 0.6) is 11.5 Å². The monoisotopic (exact) mass is 404 g/mol. The van der Waals surface area contributed by atoms with Gasteiger partial charge >= 0.3 is 6.61 Å². The van der Waals surface area contributed by atoms with Crippen molar-refractivity contribution in [3.05, 3.63) is 59.2 Å². The van der Waals surface area contributed by atoms with E-state index in [-0.39, 0.29) is 17.4 Å². The first-order valence-corrected chi connectivity index (χ1v) is 9.77. The molecule has 2 aromatic carbocycles. The number of nitrogens with one attached hydrogen (secondary N) is 1. The van der Waals surface area contributed by atoms with E-state index in [4.69, 9.17) is 4.74 Å². The van der Waals surface area contributed by atoms with Gasteiger partial charge < -0.3 is 14.8 Å². The van der Waals surface area contributed by atoms with Crippen molar-refractivity contribution >= 4 is 5.91 Å². The van der Waals surface area contributed by atoms with E-state index in [0.717, 1.165) is 25.2 Å². The van der Waals surface area contributed by atoms with Crippen LogP contribution < -0.4 is 14.8 Å². The Hall–Kier alpha value is -2.67. The number of ether oxygens (including phenoxy) is 2. The molecule has 3 rings (SSSR count). The molecule has 1 heterocycles. The molecule has 0 atom stereocenters. The first-order chi connectivity index (χ1) is 14.1. The molecule has 7 heteroatoms. The van der Waals surface area contributed by atoms with Gasteiger partial charge in [0.05, 0.1) is 7.11 Å². The summed E-state index contributed by atoms with van der Waals surface area (Å²) in [6.07, 6.45) is 3.75. The molecule has 0 aliphatic carbocycles.